The predicted octanol–water partition coefficient (Wildman–Crippen LogP) is 5.96. The van der Waals surface area contributed by atoms with Crippen molar-refractivity contribution in [2.45, 2.75) is 25.4 Å². The Morgan fingerprint density at radius 3 is 2.55 bits per heavy atom. The van der Waals surface area contributed by atoms with Gasteiger partial charge in [-0.15, -0.1) is 11.3 Å². The number of amides is 1. The third-order valence-corrected chi connectivity index (χ3v) is 7.05. The number of hydrogen-bond acceptors (Lipinski definition) is 3. The highest BCUT2D eigenvalue weighted by molar-refractivity contribution is 7.17. The highest BCUT2D eigenvalue weighted by Crippen LogP contribution is 2.34. The largest absolute Gasteiger partial charge is 0.349 e. The second kappa shape index (κ2) is 9.04. The number of rotatable bonds is 5. The van der Waals surface area contributed by atoms with E-state index in [9.17, 15) is 4.79 Å². The molecule has 1 saturated heterocycles. The summed E-state index contributed by atoms with van der Waals surface area (Å²) in [4.78, 5) is 15.4. The van der Waals surface area contributed by atoms with Crippen LogP contribution in [0.4, 0.5) is 0 Å². The first-order chi connectivity index (χ1) is 15.3. The van der Waals surface area contributed by atoms with Gasteiger partial charge in [0.2, 0.25) is 0 Å². The van der Waals surface area contributed by atoms with Gasteiger partial charge in [-0.25, -0.2) is 0 Å². The standard InChI is InChI=1S/C27H26N2OS/c30-27(28-23-13-15-29(16-14-23)18-20-7-2-1-3-8-20)22-10-6-9-21(17-22)25-19-31-26-12-5-4-11-24(25)26/h1-12,17,19,23H,13-16,18H2,(H,28,30). The Morgan fingerprint density at radius 1 is 0.935 bits per heavy atom. The molecule has 3 aromatic carbocycles. The third kappa shape index (κ3) is 4.55. The summed E-state index contributed by atoms with van der Waals surface area (Å²) in [5.41, 5.74) is 4.38. The van der Waals surface area contributed by atoms with Gasteiger partial charge in [-0.2, -0.15) is 0 Å². The Kier molecular flexibility index (Phi) is 5.83. The van der Waals surface area contributed by atoms with E-state index >= 15 is 0 Å². The van der Waals surface area contributed by atoms with Crippen molar-refractivity contribution >= 4 is 27.3 Å². The summed E-state index contributed by atoms with van der Waals surface area (Å²) in [6.45, 7) is 3.01. The van der Waals surface area contributed by atoms with Crippen molar-refractivity contribution in [3.63, 3.8) is 0 Å². The average Bonchev–Trinajstić information content (AvgIpc) is 3.25. The van der Waals surface area contributed by atoms with Gasteiger partial charge in [-0.1, -0.05) is 60.7 Å². The number of piperidine rings is 1. The minimum Gasteiger partial charge on any atom is -0.349 e. The first-order valence-corrected chi connectivity index (χ1v) is 11.8. The predicted molar refractivity (Wildman–Crippen MR) is 129 cm³/mol. The smallest absolute Gasteiger partial charge is 0.251 e. The molecule has 31 heavy (non-hydrogen) atoms. The number of fused-ring (bicyclic) bond motifs is 1. The van der Waals surface area contributed by atoms with Crippen molar-refractivity contribution in [1.82, 2.24) is 10.2 Å². The van der Waals surface area contributed by atoms with E-state index in [4.69, 9.17) is 0 Å². The van der Waals surface area contributed by atoms with Crippen LogP contribution >= 0.6 is 11.3 Å². The van der Waals surface area contributed by atoms with E-state index in [0.29, 0.717) is 0 Å². The van der Waals surface area contributed by atoms with Gasteiger partial charge in [0.05, 0.1) is 0 Å². The van der Waals surface area contributed by atoms with Gasteiger partial charge in [-0.3, -0.25) is 9.69 Å². The number of likely N-dealkylation sites (tertiary alicyclic amines) is 1. The van der Waals surface area contributed by atoms with Gasteiger partial charge in [0.1, 0.15) is 0 Å². The van der Waals surface area contributed by atoms with Gasteiger partial charge in [-0.05, 0) is 47.5 Å². The van der Waals surface area contributed by atoms with Crippen LogP contribution in [0.2, 0.25) is 0 Å². The molecule has 4 heteroatoms. The van der Waals surface area contributed by atoms with Crippen LogP contribution in [-0.4, -0.2) is 29.9 Å². The van der Waals surface area contributed by atoms with E-state index in [2.05, 4.69) is 76.3 Å². The molecule has 1 aliphatic heterocycles. The lowest BCUT2D eigenvalue weighted by Crippen LogP contribution is -2.44. The molecule has 3 nitrogen and oxygen atoms in total. The average molecular weight is 427 g/mol. The third-order valence-electron chi connectivity index (χ3n) is 6.09. The number of carbonyl (C=O) groups excluding carboxylic acids is 1. The van der Waals surface area contributed by atoms with Gasteiger partial charge in [0, 0.05) is 46.9 Å². The monoisotopic (exact) mass is 426 g/mol. The number of carbonyl (C=O) groups is 1. The molecule has 1 amide bonds. The number of benzene rings is 3. The van der Waals surface area contributed by atoms with Crippen LogP contribution < -0.4 is 5.32 Å². The molecule has 0 unspecified atom stereocenters. The van der Waals surface area contributed by atoms with Crippen LogP contribution in [0.3, 0.4) is 0 Å². The molecule has 1 N–H and O–H groups in total. The summed E-state index contributed by atoms with van der Waals surface area (Å²) in [5.74, 6) is 0.0305. The van der Waals surface area contributed by atoms with E-state index < -0.39 is 0 Å². The van der Waals surface area contributed by atoms with Crippen molar-refractivity contribution in [2.24, 2.45) is 0 Å². The molecule has 2 heterocycles. The molecule has 156 valence electrons. The summed E-state index contributed by atoms with van der Waals surface area (Å²) in [7, 11) is 0. The molecule has 0 spiro atoms. The van der Waals surface area contributed by atoms with Crippen LogP contribution in [0.5, 0.6) is 0 Å². The van der Waals surface area contributed by atoms with Crippen molar-refractivity contribution < 1.29 is 4.79 Å². The molecular formula is C27H26N2OS. The van der Waals surface area contributed by atoms with Crippen molar-refractivity contribution in [2.75, 3.05) is 13.1 Å². The normalized spacial score (nSPS) is 15.2. The maximum Gasteiger partial charge on any atom is 0.251 e. The Bertz CT molecular complexity index is 1180. The summed E-state index contributed by atoms with van der Waals surface area (Å²) in [6.07, 6.45) is 1.99. The lowest BCUT2D eigenvalue weighted by atomic mass is 10.0. The first-order valence-electron chi connectivity index (χ1n) is 10.9. The maximum absolute atomic E-state index is 12.9. The van der Waals surface area contributed by atoms with Crippen LogP contribution in [0.25, 0.3) is 21.2 Å². The topological polar surface area (TPSA) is 32.3 Å². The number of thiophene rings is 1. The fourth-order valence-corrected chi connectivity index (χ4v) is 5.35. The van der Waals surface area contributed by atoms with Crippen molar-refractivity contribution in [1.29, 1.82) is 0 Å². The summed E-state index contributed by atoms with van der Waals surface area (Å²) >= 11 is 1.75. The Balaban J connectivity index is 1.22. The highest BCUT2D eigenvalue weighted by Gasteiger charge is 2.21. The van der Waals surface area contributed by atoms with Gasteiger partial charge < -0.3 is 5.32 Å². The molecular weight excluding hydrogens is 400 g/mol. The fourth-order valence-electron chi connectivity index (χ4n) is 4.38. The SMILES string of the molecule is O=C(NC1CCN(Cc2ccccc2)CC1)c1cccc(-c2csc3ccccc23)c1. The van der Waals surface area contributed by atoms with Crippen LogP contribution in [-0.2, 0) is 6.54 Å². The molecule has 0 radical (unpaired) electrons. The Labute approximate surface area is 187 Å². The molecule has 0 aliphatic carbocycles. The minimum absolute atomic E-state index is 0.0305. The maximum atomic E-state index is 12.9. The van der Waals surface area contributed by atoms with Crippen molar-refractivity contribution in [3.8, 4) is 11.1 Å². The molecule has 5 rings (SSSR count). The lowest BCUT2D eigenvalue weighted by molar-refractivity contribution is 0.0909. The van der Waals surface area contributed by atoms with Gasteiger partial charge >= 0.3 is 0 Å². The van der Waals surface area contributed by atoms with Gasteiger partial charge in [0.15, 0.2) is 0 Å². The van der Waals surface area contributed by atoms with E-state index in [1.165, 1.54) is 21.2 Å². The quantitative estimate of drug-likeness (QED) is 0.427. The molecule has 0 atom stereocenters. The zero-order valence-electron chi connectivity index (χ0n) is 17.5. The highest BCUT2D eigenvalue weighted by atomic mass is 32.1. The van der Waals surface area contributed by atoms with Crippen molar-refractivity contribution in [3.05, 3.63) is 95.4 Å². The number of nitrogens with one attached hydrogen (secondary N) is 1. The summed E-state index contributed by atoms with van der Waals surface area (Å²) < 4.78 is 1.27. The fraction of sp³-hybridized carbons (Fsp3) is 0.222. The molecule has 4 aromatic rings. The zero-order chi connectivity index (χ0) is 21.0. The summed E-state index contributed by atoms with van der Waals surface area (Å²) in [6, 6.07) is 27.3. The lowest BCUT2D eigenvalue weighted by Gasteiger charge is -2.32. The minimum atomic E-state index is 0.0305. The molecule has 1 aliphatic rings. The van der Waals surface area contributed by atoms with E-state index in [0.717, 1.165) is 43.6 Å². The number of hydrogen-bond donors (Lipinski definition) is 1. The zero-order valence-corrected chi connectivity index (χ0v) is 18.3. The van der Waals surface area contributed by atoms with Crippen LogP contribution in [0.1, 0.15) is 28.8 Å². The Hall–Kier alpha value is -2.95. The second-order valence-corrected chi connectivity index (χ2v) is 9.15. The molecule has 0 bridgehead atoms. The second-order valence-electron chi connectivity index (χ2n) is 8.24. The molecule has 0 saturated carbocycles. The van der Waals surface area contributed by atoms with E-state index in [-0.39, 0.29) is 11.9 Å². The summed E-state index contributed by atoms with van der Waals surface area (Å²) in [5, 5.41) is 6.70. The number of nitrogens with zero attached hydrogens (tertiary/aromatic N) is 1. The van der Waals surface area contributed by atoms with E-state index in [1.54, 1.807) is 11.3 Å². The van der Waals surface area contributed by atoms with Crippen LogP contribution in [0.15, 0.2) is 84.2 Å². The molecule has 1 fully saturated rings. The van der Waals surface area contributed by atoms with Crippen LogP contribution in [0, 0.1) is 0 Å². The Morgan fingerprint density at radius 2 is 1.71 bits per heavy atom. The van der Waals surface area contributed by atoms with E-state index in [1.807, 2.05) is 18.2 Å². The first kappa shape index (κ1) is 20.0. The molecule has 1 aromatic heterocycles. The van der Waals surface area contributed by atoms with Gasteiger partial charge in [0.25, 0.3) is 5.91 Å².